The van der Waals surface area contributed by atoms with Gasteiger partial charge >= 0.3 is 0 Å². The van der Waals surface area contributed by atoms with Gasteiger partial charge in [-0.25, -0.2) is 4.98 Å². The number of thiazole rings is 1. The van der Waals surface area contributed by atoms with Crippen LogP contribution in [0.4, 0.5) is 5.13 Å². The summed E-state index contributed by atoms with van der Waals surface area (Å²) >= 11 is 6.71. The van der Waals surface area contributed by atoms with Crippen LogP contribution in [-0.4, -0.2) is 32.8 Å². The summed E-state index contributed by atoms with van der Waals surface area (Å²) in [5.41, 5.74) is 2.36. The maximum absolute atomic E-state index is 12.6. The monoisotopic (exact) mass is 477 g/mol. The number of ether oxygens (including phenoxy) is 1. The number of hydrogen-bond acceptors (Lipinski definition) is 7. The molecule has 3 heterocycles. The van der Waals surface area contributed by atoms with Gasteiger partial charge in [-0.05, 0) is 48.6 Å². The van der Waals surface area contributed by atoms with Crippen molar-refractivity contribution in [3.63, 3.8) is 0 Å². The Labute approximate surface area is 197 Å². The number of furan rings is 1. The molecule has 0 aliphatic heterocycles. The van der Waals surface area contributed by atoms with Crippen molar-refractivity contribution in [2.45, 2.75) is 13.0 Å². The average Bonchev–Trinajstić information content (AvgIpc) is 3.56. The lowest BCUT2D eigenvalue weighted by Crippen LogP contribution is -2.15. The minimum atomic E-state index is -0.163. The van der Waals surface area contributed by atoms with Crippen LogP contribution in [0.5, 0.6) is 5.75 Å². The fraction of sp³-hybridized carbons (Fsp3) is 0.130. The number of aromatic amines is 1. The molecular formula is C23H19N5O3S2. The van der Waals surface area contributed by atoms with Crippen molar-refractivity contribution < 1.29 is 13.9 Å². The molecule has 2 aromatic carbocycles. The minimum Gasteiger partial charge on any atom is -0.497 e. The van der Waals surface area contributed by atoms with Crippen LogP contribution in [0.25, 0.3) is 33.8 Å². The summed E-state index contributed by atoms with van der Waals surface area (Å²) in [7, 11) is 1.62. The number of methoxy groups -OCH3 is 1. The molecule has 0 saturated carbocycles. The summed E-state index contributed by atoms with van der Waals surface area (Å²) in [4.78, 5) is 17.1. The Balaban J connectivity index is 1.25. The molecule has 2 N–H and O–H groups in total. The fourth-order valence-electron chi connectivity index (χ4n) is 3.43. The highest BCUT2D eigenvalue weighted by atomic mass is 32.1. The highest BCUT2D eigenvalue weighted by Crippen LogP contribution is 2.30. The van der Waals surface area contributed by atoms with E-state index in [-0.39, 0.29) is 12.3 Å². The molecule has 5 rings (SSSR count). The average molecular weight is 478 g/mol. The standard InChI is InChI=1S/C23H19N5O3S2/c1-30-16-8-6-14(7-9-16)21-26-27-23(32)28(21)11-10-20(29)25-22-24-17(13-33-22)19-12-15-4-2-3-5-18(15)31-19/h2-9,12-13H,10-11H2,1H3,(H,27,32)(H,24,25,29). The van der Waals surface area contributed by atoms with E-state index in [0.717, 1.165) is 22.3 Å². The van der Waals surface area contributed by atoms with Crippen LogP contribution in [0.15, 0.2) is 64.4 Å². The van der Waals surface area contributed by atoms with E-state index in [0.29, 0.717) is 33.7 Å². The van der Waals surface area contributed by atoms with Gasteiger partial charge in [0.1, 0.15) is 17.0 Å². The van der Waals surface area contributed by atoms with Crippen molar-refractivity contribution in [3.8, 4) is 28.6 Å². The minimum absolute atomic E-state index is 0.163. The molecule has 0 atom stereocenters. The number of carbonyl (C=O) groups is 1. The largest absolute Gasteiger partial charge is 0.497 e. The Hall–Kier alpha value is -3.76. The molecule has 0 saturated heterocycles. The molecule has 0 aliphatic rings. The molecule has 1 amide bonds. The zero-order valence-corrected chi connectivity index (χ0v) is 19.2. The number of amides is 1. The Kier molecular flexibility index (Phi) is 5.76. The van der Waals surface area contributed by atoms with Crippen molar-refractivity contribution in [2.24, 2.45) is 0 Å². The number of anilines is 1. The third-order valence-electron chi connectivity index (χ3n) is 5.10. The van der Waals surface area contributed by atoms with E-state index >= 15 is 0 Å². The van der Waals surface area contributed by atoms with Crippen molar-refractivity contribution >= 4 is 45.6 Å². The van der Waals surface area contributed by atoms with E-state index in [1.165, 1.54) is 11.3 Å². The van der Waals surface area contributed by atoms with E-state index < -0.39 is 0 Å². The summed E-state index contributed by atoms with van der Waals surface area (Å²) in [6.45, 7) is 0.379. The Bertz CT molecular complexity index is 1450. The number of para-hydroxylation sites is 1. The topological polar surface area (TPSA) is 98.0 Å². The van der Waals surface area contributed by atoms with Crippen LogP contribution >= 0.6 is 23.6 Å². The number of nitrogens with zero attached hydrogens (tertiary/aromatic N) is 3. The van der Waals surface area contributed by atoms with E-state index in [9.17, 15) is 4.79 Å². The molecular weight excluding hydrogens is 458 g/mol. The van der Waals surface area contributed by atoms with Gasteiger partial charge in [0.2, 0.25) is 5.91 Å². The first-order valence-electron chi connectivity index (χ1n) is 10.1. The second kappa shape index (κ2) is 9.00. The number of fused-ring (bicyclic) bond motifs is 1. The number of H-pyrrole nitrogens is 1. The summed E-state index contributed by atoms with van der Waals surface area (Å²) in [6, 6.07) is 17.2. The molecule has 0 spiro atoms. The molecule has 166 valence electrons. The number of benzene rings is 2. The van der Waals surface area contributed by atoms with Crippen molar-refractivity contribution in [3.05, 3.63) is 64.7 Å². The van der Waals surface area contributed by atoms with Crippen molar-refractivity contribution in [1.29, 1.82) is 0 Å². The molecule has 3 aromatic heterocycles. The Morgan fingerprint density at radius 2 is 2.06 bits per heavy atom. The lowest BCUT2D eigenvalue weighted by Gasteiger charge is -2.07. The van der Waals surface area contributed by atoms with Gasteiger partial charge in [-0.1, -0.05) is 18.2 Å². The van der Waals surface area contributed by atoms with Crippen LogP contribution in [0.3, 0.4) is 0 Å². The fourth-order valence-corrected chi connectivity index (χ4v) is 4.37. The third-order valence-corrected chi connectivity index (χ3v) is 6.17. The van der Waals surface area contributed by atoms with E-state index in [2.05, 4.69) is 20.5 Å². The molecule has 8 nitrogen and oxygen atoms in total. The van der Waals surface area contributed by atoms with Crippen LogP contribution in [-0.2, 0) is 11.3 Å². The second-order valence-corrected chi connectivity index (χ2v) is 8.46. The van der Waals surface area contributed by atoms with Gasteiger partial charge in [0.05, 0.1) is 7.11 Å². The van der Waals surface area contributed by atoms with Gasteiger partial charge in [-0.15, -0.1) is 11.3 Å². The molecule has 0 aliphatic carbocycles. The van der Waals surface area contributed by atoms with E-state index in [1.54, 1.807) is 11.7 Å². The Morgan fingerprint density at radius 1 is 1.24 bits per heavy atom. The summed E-state index contributed by atoms with van der Waals surface area (Å²) in [5.74, 6) is 1.92. The summed E-state index contributed by atoms with van der Waals surface area (Å²) in [5, 5.41) is 13.4. The first kappa shape index (κ1) is 21.1. The van der Waals surface area contributed by atoms with Crippen molar-refractivity contribution in [1.82, 2.24) is 19.7 Å². The third kappa shape index (κ3) is 4.43. The summed E-state index contributed by atoms with van der Waals surface area (Å²) < 4.78 is 13.3. The maximum Gasteiger partial charge on any atom is 0.227 e. The maximum atomic E-state index is 12.6. The number of hydrogen-bond donors (Lipinski definition) is 2. The molecule has 10 heteroatoms. The molecule has 0 bridgehead atoms. The molecule has 33 heavy (non-hydrogen) atoms. The quantitative estimate of drug-likeness (QED) is 0.300. The Morgan fingerprint density at radius 3 is 2.85 bits per heavy atom. The molecule has 0 fully saturated rings. The molecule has 0 unspecified atom stereocenters. The van der Waals surface area contributed by atoms with Crippen LogP contribution in [0.2, 0.25) is 0 Å². The predicted octanol–water partition coefficient (Wildman–Crippen LogP) is 5.51. The number of carbonyl (C=O) groups excluding carboxylic acids is 1. The van der Waals surface area contributed by atoms with Crippen LogP contribution < -0.4 is 10.1 Å². The highest BCUT2D eigenvalue weighted by Gasteiger charge is 2.14. The van der Waals surface area contributed by atoms with E-state index in [4.69, 9.17) is 21.4 Å². The van der Waals surface area contributed by atoms with Crippen LogP contribution in [0.1, 0.15) is 6.42 Å². The first-order valence-corrected chi connectivity index (χ1v) is 11.4. The molecule has 0 radical (unpaired) electrons. The van der Waals surface area contributed by atoms with E-state index in [1.807, 2.05) is 60.0 Å². The summed E-state index contributed by atoms with van der Waals surface area (Å²) in [6.07, 6.45) is 0.219. The normalized spacial score (nSPS) is 11.1. The van der Waals surface area contributed by atoms with Crippen LogP contribution in [0, 0.1) is 4.77 Å². The smallest absolute Gasteiger partial charge is 0.227 e. The van der Waals surface area contributed by atoms with Gasteiger partial charge in [0, 0.05) is 29.3 Å². The zero-order chi connectivity index (χ0) is 22.8. The highest BCUT2D eigenvalue weighted by molar-refractivity contribution is 7.71. The van der Waals surface area contributed by atoms with Gasteiger partial charge < -0.3 is 14.5 Å². The van der Waals surface area contributed by atoms with Crippen molar-refractivity contribution in [2.75, 3.05) is 12.4 Å². The number of aromatic nitrogens is 4. The second-order valence-electron chi connectivity index (χ2n) is 7.22. The number of nitrogens with one attached hydrogen (secondary N) is 2. The first-order chi connectivity index (χ1) is 16.1. The SMILES string of the molecule is COc1ccc(-c2n[nH]c(=S)n2CCC(=O)Nc2nc(-c3cc4ccccc4o3)cs2)cc1. The number of rotatable bonds is 7. The van der Waals surface area contributed by atoms with Gasteiger partial charge in [0.25, 0.3) is 0 Å². The lowest BCUT2D eigenvalue weighted by molar-refractivity contribution is -0.116. The van der Waals surface area contributed by atoms with Gasteiger partial charge in [-0.3, -0.25) is 14.5 Å². The van der Waals surface area contributed by atoms with Gasteiger partial charge in [0.15, 0.2) is 21.5 Å². The zero-order valence-electron chi connectivity index (χ0n) is 17.6. The lowest BCUT2D eigenvalue weighted by atomic mass is 10.2. The predicted molar refractivity (Wildman–Crippen MR) is 130 cm³/mol. The van der Waals surface area contributed by atoms with Gasteiger partial charge in [-0.2, -0.15) is 5.10 Å². The molecule has 5 aromatic rings.